The van der Waals surface area contributed by atoms with Crippen molar-refractivity contribution in [2.24, 2.45) is 0 Å². The van der Waals surface area contributed by atoms with Gasteiger partial charge in [-0.1, -0.05) is 49.4 Å². The van der Waals surface area contributed by atoms with Crippen molar-refractivity contribution in [1.82, 2.24) is 5.32 Å². The molecule has 0 amide bonds. The highest BCUT2D eigenvalue weighted by molar-refractivity contribution is 5.85. The van der Waals surface area contributed by atoms with Crippen LogP contribution in [-0.4, -0.2) is 18.8 Å². The van der Waals surface area contributed by atoms with Crippen LogP contribution in [0.3, 0.4) is 0 Å². The maximum Gasteiger partial charge on any atom is 0.0770 e. The minimum atomic E-state index is 0. The van der Waals surface area contributed by atoms with Crippen molar-refractivity contribution in [3.05, 3.63) is 65.7 Å². The molecule has 0 spiro atoms. The molecular formula is C21H29ClN2. The first kappa shape index (κ1) is 18.8. The molecule has 2 atom stereocenters. The molecule has 0 bridgehead atoms. The molecule has 0 saturated heterocycles. The van der Waals surface area contributed by atoms with Crippen molar-refractivity contribution < 1.29 is 0 Å². The molecule has 2 nitrogen and oxygen atoms in total. The average molecular weight is 345 g/mol. The zero-order chi connectivity index (χ0) is 16.1. The first-order valence-electron chi connectivity index (χ1n) is 8.93. The van der Waals surface area contributed by atoms with E-state index in [4.69, 9.17) is 0 Å². The molecule has 0 saturated carbocycles. The van der Waals surface area contributed by atoms with Gasteiger partial charge in [-0.25, -0.2) is 0 Å². The minimum Gasteiger partial charge on any atom is -0.353 e. The molecule has 3 heteroatoms. The second kappa shape index (κ2) is 9.10. The highest BCUT2D eigenvalue weighted by atomic mass is 35.5. The Balaban J connectivity index is 0.00000208. The fourth-order valence-electron chi connectivity index (χ4n) is 3.72. The van der Waals surface area contributed by atoms with Gasteiger partial charge in [0.1, 0.15) is 0 Å². The molecule has 130 valence electrons. The molecule has 0 heterocycles. The van der Waals surface area contributed by atoms with E-state index in [1.54, 1.807) is 0 Å². The molecule has 3 rings (SSSR count). The number of hydrogen-bond donors (Lipinski definition) is 1. The molecule has 0 fully saturated rings. The van der Waals surface area contributed by atoms with Gasteiger partial charge in [-0.15, -0.1) is 12.4 Å². The van der Waals surface area contributed by atoms with Gasteiger partial charge in [0, 0.05) is 11.7 Å². The highest BCUT2D eigenvalue weighted by Gasteiger charge is 2.27. The van der Waals surface area contributed by atoms with E-state index in [1.165, 1.54) is 36.1 Å². The molecular weight excluding hydrogens is 316 g/mol. The Hall–Kier alpha value is -1.51. The van der Waals surface area contributed by atoms with E-state index in [1.807, 2.05) is 0 Å². The summed E-state index contributed by atoms with van der Waals surface area (Å²) < 4.78 is 0. The first-order chi connectivity index (χ1) is 11.3. The number of halogens is 1. The van der Waals surface area contributed by atoms with Gasteiger partial charge in [0.25, 0.3) is 0 Å². The second-order valence-corrected chi connectivity index (χ2v) is 6.54. The third kappa shape index (κ3) is 4.31. The number of fused-ring (bicyclic) bond motifs is 1. The number of rotatable bonds is 6. The Kier molecular flexibility index (Phi) is 7.14. The number of aryl methyl sites for hydroxylation is 1. The SMILES string of the molecule is CCCNC(C)N(c1ccccc1)C1CCc2ccccc2C1.Cl. The van der Waals surface area contributed by atoms with E-state index in [2.05, 4.69) is 78.7 Å². The summed E-state index contributed by atoms with van der Waals surface area (Å²) in [6, 6.07) is 20.4. The van der Waals surface area contributed by atoms with Crippen molar-refractivity contribution in [2.45, 2.75) is 51.7 Å². The van der Waals surface area contributed by atoms with Gasteiger partial charge in [-0.2, -0.15) is 0 Å². The molecule has 1 aliphatic carbocycles. The van der Waals surface area contributed by atoms with Crippen LogP contribution in [0.5, 0.6) is 0 Å². The fourth-order valence-corrected chi connectivity index (χ4v) is 3.72. The van der Waals surface area contributed by atoms with Crippen molar-refractivity contribution in [1.29, 1.82) is 0 Å². The van der Waals surface area contributed by atoms with Gasteiger partial charge >= 0.3 is 0 Å². The summed E-state index contributed by atoms with van der Waals surface area (Å²) in [4.78, 5) is 2.59. The van der Waals surface area contributed by atoms with Crippen molar-refractivity contribution in [2.75, 3.05) is 11.4 Å². The summed E-state index contributed by atoms with van der Waals surface area (Å²) >= 11 is 0. The number of para-hydroxylation sites is 1. The summed E-state index contributed by atoms with van der Waals surface area (Å²) in [5, 5.41) is 3.68. The maximum atomic E-state index is 3.68. The fraction of sp³-hybridized carbons (Fsp3) is 0.429. The standard InChI is InChI=1S/C21H28N2.ClH/c1-3-15-22-17(2)23(20-11-5-4-6-12-20)21-14-13-18-9-7-8-10-19(18)16-21;/h4-12,17,21-22H,3,13-16H2,1-2H3;1H. The largest absolute Gasteiger partial charge is 0.353 e. The molecule has 0 aliphatic heterocycles. The normalized spacial score (nSPS) is 17.5. The van der Waals surface area contributed by atoms with E-state index in [0.717, 1.165) is 13.0 Å². The Morgan fingerprint density at radius 3 is 2.42 bits per heavy atom. The maximum absolute atomic E-state index is 3.68. The van der Waals surface area contributed by atoms with E-state index in [9.17, 15) is 0 Å². The lowest BCUT2D eigenvalue weighted by molar-refractivity contribution is 0.428. The highest BCUT2D eigenvalue weighted by Crippen LogP contribution is 2.29. The third-order valence-electron chi connectivity index (χ3n) is 4.88. The molecule has 0 radical (unpaired) electrons. The number of hydrogen-bond acceptors (Lipinski definition) is 2. The van der Waals surface area contributed by atoms with E-state index in [-0.39, 0.29) is 12.4 Å². The summed E-state index contributed by atoms with van der Waals surface area (Å²) in [5.74, 6) is 0. The summed E-state index contributed by atoms with van der Waals surface area (Å²) in [7, 11) is 0. The third-order valence-corrected chi connectivity index (χ3v) is 4.88. The molecule has 1 aliphatic rings. The lowest BCUT2D eigenvalue weighted by Crippen LogP contribution is -2.51. The van der Waals surface area contributed by atoms with Gasteiger partial charge in [0.05, 0.1) is 6.17 Å². The predicted octanol–water partition coefficient (Wildman–Crippen LogP) is 4.82. The van der Waals surface area contributed by atoms with Crippen molar-refractivity contribution in [3.63, 3.8) is 0 Å². The van der Waals surface area contributed by atoms with Gasteiger partial charge in [0.15, 0.2) is 0 Å². The van der Waals surface area contributed by atoms with E-state index in [0.29, 0.717) is 12.2 Å². The van der Waals surface area contributed by atoms with Crippen molar-refractivity contribution in [3.8, 4) is 0 Å². The van der Waals surface area contributed by atoms with Crippen LogP contribution >= 0.6 is 12.4 Å². The average Bonchev–Trinajstić information content (AvgIpc) is 2.61. The van der Waals surface area contributed by atoms with Crippen molar-refractivity contribution >= 4 is 18.1 Å². The lowest BCUT2D eigenvalue weighted by Gasteiger charge is -2.41. The summed E-state index contributed by atoms with van der Waals surface area (Å²) in [6.45, 7) is 5.58. The molecule has 0 aromatic heterocycles. The minimum absolute atomic E-state index is 0. The van der Waals surface area contributed by atoms with Crippen LogP contribution in [0.2, 0.25) is 0 Å². The number of nitrogens with one attached hydrogen (secondary N) is 1. The van der Waals surface area contributed by atoms with E-state index >= 15 is 0 Å². The number of anilines is 1. The van der Waals surface area contributed by atoms with Crippen LogP contribution in [0.25, 0.3) is 0 Å². The van der Waals surface area contributed by atoms with Gasteiger partial charge in [-0.3, -0.25) is 5.32 Å². The van der Waals surface area contributed by atoms with Crippen LogP contribution in [0.1, 0.15) is 37.8 Å². The topological polar surface area (TPSA) is 15.3 Å². The number of nitrogens with zero attached hydrogens (tertiary/aromatic N) is 1. The number of benzene rings is 2. The van der Waals surface area contributed by atoms with E-state index < -0.39 is 0 Å². The quantitative estimate of drug-likeness (QED) is 0.756. The van der Waals surface area contributed by atoms with Gasteiger partial charge in [-0.05, 0) is 62.4 Å². The Morgan fingerprint density at radius 1 is 1.04 bits per heavy atom. The van der Waals surface area contributed by atoms with Crippen LogP contribution in [0, 0.1) is 0 Å². The van der Waals surface area contributed by atoms with Crippen LogP contribution < -0.4 is 10.2 Å². The smallest absolute Gasteiger partial charge is 0.0770 e. The van der Waals surface area contributed by atoms with Crippen LogP contribution in [-0.2, 0) is 12.8 Å². The molecule has 2 aromatic carbocycles. The lowest BCUT2D eigenvalue weighted by atomic mass is 9.87. The molecule has 24 heavy (non-hydrogen) atoms. The van der Waals surface area contributed by atoms with Gasteiger partial charge < -0.3 is 4.90 Å². The molecule has 2 aromatic rings. The second-order valence-electron chi connectivity index (χ2n) is 6.54. The zero-order valence-electron chi connectivity index (χ0n) is 14.7. The predicted molar refractivity (Wildman–Crippen MR) is 106 cm³/mol. The molecule has 1 N–H and O–H groups in total. The van der Waals surface area contributed by atoms with Crippen LogP contribution in [0.4, 0.5) is 5.69 Å². The molecule has 2 unspecified atom stereocenters. The monoisotopic (exact) mass is 344 g/mol. The Labute approximate surface area is 152 Å². The summed E-state index contributed by atoms with van der Waals surface area (Å²) in [6.07, 6.45) is 5.07. The zero-order valence-corrected chi connectivity index (χ0v) is 15.6. The van der Waals surface area contributed by atoms with Crippen LogP contribution in [0.15, 0.2) is 54.6 Å². The van der Waals surface area contributed by atoms with Gasteiger partial charge in [0.2, 0.25) is 0 Å². The first-order valence-corrected chi connectivity index (χ1v) is 8.93. The summed E-state index contributed by atoms with van der Waals surface area (Å²) in [5.41, 5.74) is 4.38. The Morgan fingerprint density at radius 2 is 1.71 bits per heavy atom. The Bertz CT molecular complexity index is 614.